The number of hydrogen-bond donors (Lipinski definition) is 2. The number of rotatable bonds is 3. The van der Waals surface area contributed by atoms with Gasteiger partial charge in [-0.15, -0.1) is 0 Å². The van der Waals surface area contributed by atoms with Crippen molar-refractivity contribution in [3.63, 3.8) is 0 Å². The maximum atomic E-state index is 12.7. The number of aromatic nitrogens is 2. The van der Waals surface area contributed by atoms with Gasteiger partial charge < -0.3 is 0 Å². The monoisotopic (exact) mass is 210 g/mol. The first-order valence-corrected chi connectivity index (χ1v) is 3.85. The van der Waals surface area contributed by atoms with Crippen LogP contribution in [0.2, 0.25) is 0 Å². The molecule has 1 heterocycles. The third kappa shape index (κ3) is 2.36. The molecule has 0 aromatic carbocycles. The molecule has 0 aliphatic heterocycles. The molecular weight excluding hydrogens is 202 g/mol. The van der Waals surface area contributed by atoms with Crippen molar-refractivity contribution in [2.75, 3.05) is 0 Å². The Kier molecular flexibility index (Phi) is 2.84. The van der Waals surface area contributed by atoms with Crippen LogP contribution in [0, 0.1) is 0 Å². The smallest absolute Gasteiger partial charge is 0.275 e. The third-order valence-electron chi connectivity index (χ3n) is 1.52. The second-order valence-corrected chi connectivity index (χ2v) is 3.06. The molecule has 0 amide bonds. The van der Waals surface area contributed by atoms with Crippen molar-refractivity contribution < 1.29 is 8.78 Å². The summed E-state index contributed by atoms with van der Waals surface area (Å²) in [7, 11) is 1.61. The molecule has 0 fully saturated rings. The van der Waals surface area contributed by atoms with Crippen molar-refractivity contribution in [3.8, 4) is 0 Å². The van der Waals surface area contributed by atoms with Crippen LogP contribution in [0.4, 0.5) is 8.78 Å². The number of aryl methyl sites for hydroxylation is 1. The lowest BCUT2D eigenvalue weighted by Crippen LogP contribution is -2.38. The molecule has 0 spiro atoms. The van der Waals surface area contributed by atoms with Gasteiger partial charge in [0.25, 0.3) is 0 Å². The van der Waals surface area contributed by atoms with E-state index in [1.54, 1.807) is 7.05 Å². The molecule has 0 bridgehead atoms. The van der Waals surface area contributed by atoms with Gasteiger partial charge in [-0.1, -0.05) is 0 Å². The molecule has 4 nitrogen and oxygen atoms in total. The summed E-state index contributed by atoms with van der Waals surface area (Å²) < 4.78 is 26.7. The van der Waals surface area contributed by atoms with Gasteiger partial charge >= 0.3 is 5.38 Å². The third-order valence-corrected chi connectivity index (χ3v) is 1.74. The van der Waals surface area contributed by atoms with E-state index in [1.807, 2.05) is 5.43 Å². The predicted molar refractivity (Wildman–Crippen MR) is 44.1 cm³/mol. The zero-order chi connectivity index (χ0) is 10.1. The molecule has 1 aromatic heterocycles. The van der Waals surface area contributed by atoms with Gasteiger partial charge in [-0.2, -0.15) is 13.9 Å². The van der Waals surface area contributed by atoms with Gasteiger partial charge in [-0.05, 0) is 17.7 Å². The fourth-order valence-corrected chi connectivity index (χ4v) is 1.11. The second-order valence-electron chi connectivity index (χ2n) is 2.56. The summed E-state index contributed by atoms with van der Waals surface area (Å²) in [5.41, 5.74) is 2.02. The number of nitrogens with two attached hydrogens (primary N) is 1. The highest BCUT2D eigenvalue weighted by Gasteiger charge is 2.39. The van der Waals surface area contributed by atoms with Crippen molar-refractivity contribution >= 4 is 11.6 Å². The number of hydrogen-bond acceptors (Lipinski definition) is 3. The van der Waals surface area contributed by atoms with Crippen LogP contribution in [-0.4, -0.2) is 15.2 Å². The number of alkyl halides is 3. The standard InChI is InChI=1S/C6H9ClF2N4/c1-13-3-2-4(12-13)5(11-10)6(7,8)9/h2-3,5,11H,10H2,1H3. The summed E-state index contributed by atoms with van der Waals surface area (Å²) in [4.78, 5) is 0. The lowest BCUT2D eigenvalue weighted by atomic mass is 10.2. The maximum Gasteiger partial charge on any atom is 0.343 e. The minimum absolute atomic E-state index is 0.102. The van der Waals surface area contributed by atoms with Gasteiger partial charge in [0.05, 0.1) is 5.69 Å². The van der Waals surface area contributed by atoms with E-state index in [4.69, 9.17) is 17.4 Å². The summed E-state index contributed by atoms with van der Waals surface area (Å²) in [6.07, 6.45) is 1.53. The van der Waals surface area contributed by atoms with Gasteiger partial charge in [0.1, 0.15) is 6.04 Å². The first kappa shape index (κ1) is 10.4. The van der Waals surface area contributed by atoms with Crippen LogP contribution in [0.15, 0.2) is 12.3 Å². The molecule has 0 aliphatic carbocycles. The summed E-state index contributed by atoms with van der Waals surface area (Å²) >= 11 is 4.82. The van der Waals surface area contributed by atoms with Gasteiger partial charge in [-0.25, -0.2) is 5.43 Å². The Morgan fingerprint density at radius 1 is 1.77 bits per heavy atom. The van der Waals surface area contributed by atoms with Crippen molar-refractivity contribution in [1.82, 2.24) is 15.2 Å². The molecule has 74 valence electrons. The number of nitrogens with zero attached hydrogens (tertiary/aromatic N) is 2. The van der Waals surface area contributed by atoms with Crippen LogP contribution in [-0.2, 0) is 7.05 Å². The molecule has 0 radical (unpaired) electrons. The lowest BCUT2D eigenvalue weighted by Gasteiger charge is -2.18. The highest BCUT2D eigenvalue weighted by molar-refractivity contribution is 6.22. The van der Waals surface area contributed by atoms with E-state index in [9.17, 15) is 8.78 Å². The molecule has 0 saturated heterocycles. The van der Waals surface area contributed by atoms with Gasteiger partial charge in [0.15, 0.2) is 0 Å². The van der Waals surface area contributed by atoms with Crippen LogP contribution in [0.25, 0.3) is 0 Å². The van der Waals surface area contributed by atoms with Gasteiger partial charge in [-0.3, -0.25) is 10.5 Å². The van der Waals surface area contributed by atoms with Gasteiger partial charge in [0, 0.05) is 13.2 Å². The average Bonchev–Trinajstić information content (AvgIpc) is 2.34. The molecule has 1 unspecified atom stereocenters. The summed E-state index contributed by atoms with van der Waals surface area (Å²) in [5, 5.41) is 0.303. The van der Waals surface area contributed by atoms with E-state index < -0.39 is 11.4 Å². The van der Waals surface area contributed by atoms with Crippen molar-refractivity contribution in [2.45, 2.75) is 11.4 Å². The Morgan fingerprint density at radius 3 is 2.69 bits per heavy atom. The van der Waals surface area contributed by atoms with Crippen molar-refractivity contribution in [2.24, 2.45) is 12.9 Å². The molecular formula is C6H9ClF2N4. The zero-order valence-corrected chi connectivity index (χ0v) is 7.59. The minimum atomic E-state index is -3.46. The van der Waals surface area contributed by atoms with Crippen LogP contribution < -0.4 is 11.3 Å². The van der Waals surface area contributed by atoms with Crippen molar-refractivity contribution in [3.05, 3.63) is 18.0 Å². The fraction of sp³-hybridized carbons (Fsp3) is 0.500. The van der Waals surface area contributed by atoms with E-state index in [-0.39, 0.29) is 5.69 Å². The number of hydrazine groups is 1. The number of halogens is 3. The van der Waals surface area contributed by atoms with E-state index in [0.29, 0.717) is 0 Å². The van der Waals surface area contributed by atoms with E-state index in [2.05, 4.69) is 5.10 Å². The Bertz CT molecular complexity index is 282. The van der Waals surface area contributed by atoms with Crippen LogP contribution in [0.1, 0.15) is 11.7 Å². The largest absolute Gasteiger partial charge is 0.343 e. The lowest BCUT2D eigenvalue weighted by molar-refractivity contribution is 0.0479. The topological polar surface area (TPSA) is 55.9 Å². The normalized spacial score (nSPS) is 14.5. The SMILES string of the molecule is Cn1ccc(C(NN)C(F)(F)Cl)n1. The summed E-state index contributed by atoms with van der Waals surface area (Å²) in [6.45, 7) is 0. The minimum Gasteiger partial charge on any atom is -0.275 e. The first-order chi connectivity index (χ1) is 5.95. The van der Waals surface area contributed by atoms with E-state index >= 15 is 0 Å². The molecule has 1 rings (SSSR count). The first-order valence-electron chi connectivity index (χ1n) is 3.47. The second kappa shape index (κ2) is 3.57. The molecule has 1 atom stereocenters. The van der Waals surface area contributed by atoms with Crippen LogP contribution in [0.5, 0.6) is 0 Å². The summed E-state index contributed by atoms with van der Waals surface area (Å²) in [5.74, 6) is 4.94. The highest BCUT2D eigenvalue weighted by Crippen LogP contribution is 2.33. The predicted octanol–water partition coefficient (Wildman–Crippen LogP) is 0.756. The molecule has 0 aliphatic rings. The Morgan fingerprint density at radius 2 is 2.38 bits per heavy atom. The Labute approximate surface area is 78.6 Å². The van der Waals surface area contributed by atoms with Crippen LogP contribution in [0.3, 0.4) is 0 Å². The molecule has 3 N–H and O–H groups in total. The summed E-state index contributed by atoms with van der Waals surface area (Å²) in [6, 6.07) is -0.0590. The Balaban J connectivity index is 2.91. The quantitative estimate of drug-likeness (QED) is 0.440. The molecule has 0 saturated carbocycles. The average molecular weight is 211 g/mol. The molecule has 7 heteroatoms. The molecule has 13 heavy (non-hydrogen) atoms. The zero-order valence-electron chi connectivity index (χ0n) is 6.84. The van der Waals surface area contributed by atoms with E-state index in [0.717, 1.165) is 0 Å². The molecule has 1 aromatic rings. The Hall–Kier alpha value is -0.720. The van der Waals surface area contributed by atoms with Gasteiger partial charge in [0.2, 0.25) is 0 Å². The number of nitrogens with one attached hydrogen (secondary N) is 1. The van der Waals surface area contributed by atoms with Crippen molar-refractivity contribution in [1.29, 1.82) is 0 Å². The van der Waals surface area contributed by atoms with E-state index in [1.165, 1.54) is 16.9 Å². The maximum absolute atomic E-state index is 12.7. The fourth-order valence-electron chi connectivity index (χ4n) is 0.935. The highest BCUT2D eigenvalue weighted by atomic mass is 35.5. The van der Waals surface area contributed by atoms with Crippen LogP contribution >= 0.6 is 11.6 Å².